The molecule has 2 rings (SSSR count). The van der Waals surface area contributed by atoms with Crippen molar-refractivity contribution in [2.75, 3.05) is 13.6 Å². The van der Waals surface area contributed by atoms with Gasteiger partial charge in [-0.05, 0) is 43.2 Å². The summed E-state index contributed by atoms with van der Waals surface area (Å²) < 4.78 is 2.11. The highest BCUT2D eigenvalue weighted by atomic mass is 16.1. The number of nitrogens with one attached hydrogen (secondary N) is 3. The van der Waals surface area contributed by atoms with Crippen molar-refractivity contribution in [3.05, 3.63) is 59.9 Å². The minimum Gasteiger partial charge on any atom is -0.355 e. The van der Waals surface area contributed by atoms with Crippen LogP contribution >= 0.6 is 0 Å². The van der Waals surface area contributed by atoms with Crippen LogP contribution < -0.4 is 16.0 Å². The first-order valence-electron chi connectivity index (χ1n) is 9.07. The summed E-state index contributed by atoms with van der Waals surface area (Å²) in [4.78, 5) is 16.3. The number of benzene rings is 1. The summed E-state index contributed by atoms with van der Waals surface area (Å²) in [6, 6.07) is 11.9. The molecule has 26 heavy (non-hydrogen) atoms. The van der Waals surface area contributed by atoms with E-state index in [0.29, 0.717) is 12.1 Å². The number of aliphatic imine (C=N–C) groups is 1. The second kappa shape index (κ2) is 10.3. The second-order valence-electron chi connectivity index (χ2n) is 6.25. The van der Waals surface area contributed by atoms with Gasteiger partial charge < -0.3 is 20.5 Å². The van der Waals surface area contributed by atoms with Gasteiger partial charge in [0.15, 0.2) is 5.96 Å². The van der Waals surface area contributed by atoms with E-state index in [9.17, 15) is 4.79 Å². The molecule has 0 bridgehead atoms. The van der Waals surface area contributed by atoms with Gasteiger partial charge >= 0.3 is 0 Å². The van der Waals surface area contributed by atoms with Crippen LogP contribution in [-0.2, 0) is 13.1 Å². The number of hydrogen-bond acceptors (Lipinski definition) is 2. The highest BCUT2D eigenvalue weighted by Crippen LogP contribution is 2.05. The number of nitrogens with zero attached hydrogens (tertiary/aromatic N) is 2. The number of rotatable bonds is 8. The van der Waals surface area contributed by atoms with Gasteiger partial charge in [0.1, 0.15) is 0 Å². The van der Waals surface area contributed by atoms with Crippen molar-refractivity contribution in [1.82, 2.24) is 20.5 Å². The number of aromatic nitrogens is 1. The topological polar surface area (TPSA) is 70.4 Å². The Kier molecular flexibility index (Phi) is 7.74. The van der Waals surface area contributed by atoms with Crippen molar-refractivity contribution >= 4 is 11.9 Å². The van der Waals surface area contributed by atoms with Crippen molar-refractivity contribution < 1.29 is 4.79 Å². The van der Waals surface area contributed by atoms with Crippen LogP contribution in [0.15, 0.2) is 53.8 Å². The Morgan fingerprint density at radius 2 is 1.85 bits per heavy atom. The number of carbonyl (C=O) groups is 1. The third-order valence-electron chi connectivity index (χ3n) is 4.22. The quantitative estimate of drug-likeness (QED) is 0.503. The number of hydrogen-bond donors (Lipinski definition) is 3. The number of carbonyl (C=O) groups excluding carboxylic acids is 1. The first-order chi connectivity index (χ1) is 12.6. The molecule has 1 aromatic heterocycles. The summed E-state index contributed by atoms with van der Waals surface area (Å²) in [6.45, 7) is 6.39. The molecule has 1 amide bonds. The monoisotopic (exact) mass is 355 g/mol. The van der Waals surface area contributed by atoms with E-state index in [1.54, 1.807) is 7.05 Å². The van der Waals surface area contributed by atoms with Crippen molar-refractivity contribution in [1.29, 1.82) is 0 Å². The maximum Gasteiger partial charge on any atom is 0.251 e. The summed E-state index contributed by atoms with van der Waals surface area (Å²) in [5, 5.41) is 9.55. The van der Waals surface area contributed by atoms with Crippen molar-refractivity contribution in [2.45, 2.75) is 39.4 Å². The van der Waals surface area contributed by atoms with Crippen molar-refractivity contribution in [3.63, 3.8) is 0 Å². The molecule has 2 aromatic rings. The first-order valence-corrected chi connectivity index (χ1v) is 9.07. The smallest absolute Gasteiger partial charge is 0.251 e. The fourth-order valence-corrected chi connectivity index (χ4v) is 2.41. The lowest BCUT2D eigenvalue weighted by Crippen LogP contribution is -2.38. The molecular formula is C20H29N5O. The molecule has 3 N–H and O–H groups in total. The molecule has 140 valence electrons. The lowest BCUT2D eigenvalue weighted by Gasteiger charge is -2.13. The molecule has 1 aromatic carbocycles. The molecule has 0 saturated carbocycles. The maximum absolute atomic E-state index is 12.1. The largest absolute Gasteiger partial charge is 0.355 e. The zero-order valence-corrected chi connectivity index (χ0v) is 15.8. The molecule has 0 fully saturated rings. The van der Waals surface area contributed by atoms with E-state index in [0.717, 1.165) is 31.0 Å². The fourth-order valence-electron chi connectivity index (χ4n) is 2.41. The predicted octanol–water partition coefficient (Wildman–Crippen LogP) is 2.38. The first kappa shape index (κ1) is 19.6. The zero-order valence-electron chi connectivity index (χ0n) is 15.8. The minimum atomic E-state index is -0.0265. The van der Waals surface area contributed by atoms with Crippen LogP contribution in [0.4, 0.5) is 0 Å². The molecule has 1 atom stereocenters. The molecule has 6 heteroatoms. The molecule has 1 heterocycles. The molecule has 0 aliphatic carbocycles. The molecular weight excluding hydrogens is 326 g/mol. The molecule has 0 saturated heterocycles. The van der Waals surface area contributed by atoms with Crippen LogP contribution in [0.25, 0.3) is 0 Å². The predicted molar refractivity (Wildman–Crippen MR) is 106 cm³/mol. The Bertz CT molecular complexity index is 692. The van der Waals surface area contributed by atoms with Crippen LogP contribution in [0.2, 0.25) is 0 Å². The van der Waals surface area contributed by atoms with Gasteiger partial charge in [-0.3, -0.25) is 9.79 Å². The lowest BCUT2D eigenvalue weighted by atomic mass is 10.1. The second-order valence-corrected chi connectivity index (χ2v) is 6.25. The van der Waals surface area contributed by atoms with E-state index in [2.05, 4.69) is 32.4 Å². The summed E-state index contributed by atoms with van der Waals surface area (Å²) >= 11 is 0. The van der Waals surface area contributed by atoms with Gasteiger partial charge in [0, 0.05) is 50.7 Å². The van der Waals surface area contributed by atoms with Gasteiger partial charge in [-0.1, -0.05) is 19.1 Å². The van der Waals surface area contributed by atoms with Crippen LogP contribution in [0.3, 0.4) is 0 Å². The van der Waals surface area contributed by atoms with Gasteiger partial charge in [0.25, 0.3) is 5.91 Å². The number of amides is 1. The molecule has 0 aliphatic heterocycles. The molecule has 6 nitrogen and oxygen atoms in total. The fraction of sp³-hybridized carbons (Fsp3) is 0.400. The van der Waals surface area contributed by atoms with E-state index in [1.807, 2.05) is 55.7 Å². The van der Waals surface area contributed by atoms with E-state index >= 15 is 0 Å². The average Bonchev–Trinajstić information content (AvgIpc) is 3.18. The van der Waals surface area contributed by atoms with Gasteiger partial charge in [-0.25, -0.2) is 0 Å². The van der Waals surface area contributed by atoms with Crippen LogP contribution in [0, 0.1) is 0 Å². The number of guanidine groups is 1. The van der Waals surface area contributed by atoms with Crippen LogP contribution in [0.1, 0.15) is 36.2 Å². The summed E-state index contributed by atoms with van der Waals surface area (Å²) in [5.41, 5.74) is 1.78. The van der Waals surface area contributed by atoms with Gasteiger partial charge in [0.2, 0.25) is 0 Å². The normalized spacial score (nSPS) is 12.5. The summed E-state index contributed by atoms with van der Waals surface area (Å²) in [6.07, 6.45) is 5.00. The molecule has 0 spiro atoms. The van der Waals surface area contributed by atoms with E-state index in [4.69, 9.17) is 0 Å². The van der Waals surface area contributed by atoms with Gasteiger partial charge in [0.05, 0.1) is 0 Å². The Morgan fingerprint density at radius 1 is 1.15 bits per heavy atom. The van der Waals surface area contributed by atoms with Crippen LogP contribution in [-0.4, -0.2) is 36.1 Å². The third kappa shape index (κ3) is 6.27. The molecule has 0 aliphatic rings. The van der Waals surface area contributed by atoms with Crippen LogP contribution in [0.5, 0.6) is 0 Å². The highest BCUT2D eigenvalue weighted by Gasteiger charge is 2.08. The zero-order chi connectivity index (χ0) is 18.8. The average molecular weight is 355 g/mol. The third-order valence-corrected chi connectivity index (χ3v) is 4.22. The van der Waals surface area contributed by atoms with E-state index in [1.165, 1.54) is 0 Å². The Labute approximate surface area is 155 Å². The summed E-state index contributed by atoms with van der Waals surface area (Å²) in [7, 11) is 1.76. The molecule has 0 radical (unpaired) electrons. The van der Waals surface area contributed by atoms with Crippen molar-refractivity contribution in [2.24, 2.45) is 4.99 Å². The lowest BCUT2D eigenvalue weighted by molar-refractivity contribution is 0.0939. The molecule has 1 unspecified atom stereocenters. The van der Waals surface area contributed by atoms with Crippen molar-refractivity contribution in [3.8, 4) is 0 Å². The minimum absolute atomic E-state index is 0.0265. The summed E-state index contributed by atoms with van der Waals surface area (Å²) in [5.74, 6) is 0.733. The Balaban J connectivity index is 1.77. The highest BCUT2D eigenvalue weighted by molar-refractivity contribution is 5.94. The van der Waals surface area contributed by atoms with Gasteiger partial charge in [-0.15, -0.1) is 0 Å². The van der Waals surface area contributed by atoms with Gasteiger partial charge in [-0.2, -0.15) is 0 Å². The standard InChI is InChI=1S/C20H29N5O/c1-4-16(2)24-19(26)18-9-7-17(8-10-18)15-23-20(21-3)22-11-14-25-12-5-6-13-25/h5-10,12-13,16H,4,11,14-15H2,1-3H3,(H,24,26)(H2,21,22,23). The Hall–Kier alpha value is -2.76. The maximum atomic E-state index is 12.1. The SMILES string of the molecule is CCC(C)NC(=O)c1ccc(CNC(=NC)NCCn2cccc2)cc1. The Morgan fingerprint density at radius 3 is 2.46 bits per heavy atom. The van der Waals surface area contributed by atoms with E-state index < -0.39 is 0 Å². The van der Waals surface area contributed by atoms with E-state index in [-0.39, 0.29) is 11.9 Å².